The zero-order valence-corrected chi connectivity index (χ0v) is 23.8. The molecule has 2 bridgehead atoms. The number of rotatable bonds is 8. The molecule has 5 atom stereocenters. The highest BCUT2D eigenvalue weighted by molar-refractivity contribution is 5.94. The van der Waals surface area contributed by atoms with E-state index in [1.54, 1.807) is 12.3 Å². The van der Waals surface area contributed by atoms with Gasteiger partial charge in [-0.15, -0.1) is 0 Å². The highest BCUT2D eigenvalue weighted by Gasteiger charge is 2.38. The van der Waals surface area contributed by atoms with Crippen molar-refractivity contribution in [3.8, 4) is 5.75 Å². The minimum atomic E-state index is -1.03. The van der Waals surface area contributed by atoms with E-state index in [0.717, 1.165) is 11.1 Å². The first kappa shape index (κ1) is 29.9. The van der Waals surface area contributed by atoms with Crippen LogP contribution in [0.25, 0.3) is 6.08 Å². The molecule has 2 aromatic rings. The van der Waals surface area contributed by atoms with Gasteiger partial charge < -0.3 is 20.7 Å². The van der Waals surface area contributed by atoms with Crippen LogP contribution in [0.1, 0.15) is 45.2 Å². The molecule has 3 N–H and O–H groups in total. The van der Waals surface area contributed by atoms with Crippen molar-refractivity contribution in [3.05, 3.63) is 71.9 Å². The maximum Gasteiger partial charge on any atom is 0.247 e. The summed E-state index contributed by atoms with van der Waals surface area (Å²) in [6, 6.07) is 14.8. The van der Waals surface area contributed by atoms with Crippen LogP contribution in [0.4, 0.5) is 0 Å². The molecular formula is C31H42N4O4. The molecule has 4 rings (SSSR count). The molecular weight excluding hydrogens is 492 g/mol. The van der Waals surface area contributed by atoms with E-state index >= 15 is 0 Å². The van der Waals surface area contributed by atoms with Crippen molar-refractivity contribution in [1.29, 1.82) is 0 Å². The third-order valence-corrected chi connectivity index (χ3v) is 7.21. The highest BCUT2D eigenvalue weighted by atomic mass is 16.5. The lowest BCUT2D eigenvalue weighted by Crippen LogP contribution is -2.62. The highest BCUT2D eigenvalue weighted by Crippen LogP contribution is 2.21. The summed E-state index contributed by atoms with van der Waals surface area (Å²) in [7, 11) is 3.69. The number of hydrogen-bond donors (Lipinski definition) is 3. The molecule has 2 aliphatic heterocycles. The molecule has 0 aromatic heterocycles. The number of hydrogen-bond acceptors (Lipinski definition) is 5. The number of carbonyl (C=O) groups is 3. The smallest absolute Gasteiger partial charge is 0.247 e. The summed E-state index contributed by atoms with van der Waals surface area (Å²) in [5.74, 6) is -0.734. The van der Waals surface area contributed by atoms with Crippen molar-refractivity contribution in [2.75, 3.05) is 14.1 Å². The van der Waals surface area contributed by atoms with Crippen LogP contribution in [0, 0.1) is 11.8 Å². The van der Waals surface area contributed by atoms with Gasteiger partial charge in [-0.2, -0.15) is 0 Å². The second kappa shape index (κ2) is 13.9. The Hall–Kier alpha value is -3.65. The molecule has 0 saturated carbocycles. The molecule has 0 fully saturated rings. The van der Waals surface area contributed by atoms with Crippen LogP contribution in [0.3, 0.4) is 0 Å². The summed E-state index contributed by atoms with van der Waals surface area (Å²) >= 11 is 0. The normalized spacial score (nSPS) is 21.5. The SMILES string of the molecule is CC[C@H](C)[C@H]1NC(=O)[C@H](NC(=O)[C@H](Cc2ccccc2)N(C)C)[C@H](C(C)C)Oc2ccc(cc2)C=CNC1=O. The molecule has 39 heavy (non-hydrogen) atoms. The maximum atomic E-state index is 13.9. The van der Waals surface area contributed by atoms with Gasteiger partial charge in [0.1, 0.15) is 23.9 Å². The van der Waals surface area contributed by atoms with E-state index in [1.165, 1.54) is 0 Å². The summed E-state index contributed by atoms with van der Waals surface area (Å²) < 4.78 is 6.35. The molecule has 210 valence electrons. The Bertz CT molecular complexity index is 1130. The Morgan fingerprint density at radius 3 is 2.26 bits per heavy atom. The van der Waals surface area contributed by atoms with Crippen LogP contribution < -0.4 is 20.7 Å². The topological polar surface area (TPSA) is 99.8 Å². The van der Waals surface area contributed by atoms with Gasteiger partial charge in [0.25, 0.3) is 0 Å². The van der Waals surface area contributed by atoms with Crippen LogP contribution in [-0.2, 0) is 20.8 Å². The first-order chi connectivity index (χ1) is 18.6. The number of likely N-dealkylation sites (N-methyl/N-ethyl adjacent to an activating group) is 1. The van der Waals surface area contributed by atoms with Gasteiger partial charge in [-0.05, 0) is 61.7 Å². The third kappa shape index (κ3) is 8.17. The number of nitrogens with zero attached hydrogens (tertiary/aromatic N) is 1. The summed E-state index contributed by atoms with van der Waals surface area (Å²) in [5.41, 5.74) is 1.91. The molecule has 0 aliphatic carbocycles. The molecule has 0 spiro atoms. The van der Waals surface area contributed by atoms with E-state index in [9.17, 15) is 14.4 Å². The molecule has 2 heterocycles. The van der Waals surface area contributed by atoms with Gasteiger partial charge in [0.15, 0.2) is 0 Å². The Morgan fingerprint density at radius 2 is 1.67 bits per heavy atom. The predicted octanol–water partition coefficient (Wildman–Crippen LogP) is 3.38. The van der Waals surface area contributed by atoms with Crippen molar-refractivity contribution < 1.29 is 19.1 Å². The molecule has 0 radical (unpaired) electrons. The van der Waals surface area contributed by atoms with Crippen LogP contribution in [0.15, 0.2) is 60.8 Å². The first-order valence-corrected chi connectivity index (χ1v) is 13.7. The first-order valence-electron chi connectivity index (χ1n) is 13.7. The second-order valence-electron chi connectivity index (χ2n) is 10.8. The van der Waals surface area contributed by atoms with E-state index in [2.05, 4.69) is 16.0 Å². The summed E-state index contributed by atoms with van der Waals surface area (Å²) in [6.07, 6.45) is 3.85. The van der Waals surface area contributed by atoms with Gasteiger partial charge in [-0.1, -0.05) is 76.6 Å². The Kier molecular flexibility index (Phi) is 10.7. The van der Waals surface area contributed by atoms with E-state index in [-0.39, 0.29) is 23.7 Å². The largest absolute Gasteiger partial charge is 0.487 e. The minimum absolute atomic E-state index is 0.128. The van der Waals surface area contributed by atoms with Crippen LogP contribution in [-0.4, -0.2) is 60.9 Å². The number of amides is 3. The van der Waals surface area contributed by atoms with Gasteiger partial charge in [0, 0.05) is 6.20 Å². The number of nitrogens with one attached hydrogen (secondary N) is 3. The molecule has 8 heteroatoms. The van der Waals surface area contributed by atoms with Crippen molar-refractivity contribution in [3.63, 3.8) is 0 Å². The molecule has 2 aliphatic rings. The van der Waals surface area contributed by atoms with Crippen molar-refractivity contribution in [1.82, 2.24) is 20.9 Å². The number of benzene rings is 2. The number of fused-ring (bicyclic) bond motifs is 10. The van der Waals surface area contributed by atoms with Gasteiger partial charge in [-0.25, -0.2) is 0 Å². The quantitative estimate of drug-likeness (QED) is 0.482. The van der Waals surface area contributed by atoms with Crippen molar-refractivity contribution >= 4 is 23.8 Å². The predicted molar refractivity (Wildman–Crippen MR) is 154 cm³/mol. The van der Waals surface area contributed by atoms with Gasteiger partial charge in [0.2, 0.25) is 17.7 Å². The summed E-state index contributed by atoms with van der Waals surface area (Å²) in [4.78, 5) is 42.6. The Balaban J connectivity index is 1.99. The zero-order chi connectivity index (χ0) is 28.5. The van der Waals surface area contributed by atoms with Crippen LogP contribution >= 0.6 is 0 Å². The summed E-state index contributed by atoms with van der Waals surface area (Å²) in [5, 5.41) is 8.73. The fourth-order valence-corrected chi connectivity index (χ4v) is 4.55. The molecule has 0 saturated heterocycles. The minimum Gasteiger partial charge on any atom is -0.487 e. The molecule has 2 aromatic carbocycles. The second-order valence-corrected chi connectivity index (χ2v) is 10.8. The van der Waals surface area contributed by atoms with Gasteiger partial charge in [-0.3, -0.25) is 19.3 Å². The molecule has 3 amide bonds. The van der Waals surface area contributed by atoms with Gasteiger partial charge >= 0.3 is 0 Å². The molecule has 8 nitrogen and oxygen atoms in total. The Morgan fingerprint density at radius 1 is 1.00 bits per heavy atom. The van der Waals surface area contributed by atoms with E-state index in [1.807, 2.05) is 101 Å². The number of ether oxygens (including phenoxy) is 1. The molecule has 0 unspecified atom stereocenters. The van der Waals surface area contributed by atoms with E-state index < -0.39 is 30.1 Å². The average Bonchev–Trinajstić information content (AvgIpc) is 2.92. The van der Waals surface area contributed by atoms with Crippen molar-refractivity contribution in [2.45, 2.75) is 64.8 Å². The standard InChI is InChI=1S/C31H42N4O4/c1-7-21(4)26-30(37)32-18-17-22-13-15-24(16-14-22)39-28(20(2)3)27(31(38)33-26)34-29(36)25(35(5)6)19-23-11-9-8-10-12-23/h8-18,20-21,25-28H,7,19H2,1-6H3,(H,32,37)(H,33,38)(H,34,36)/t21-,25-,26+,27+,28-/m0/s1. The lowest BCUT2D eigenvalue weighted by molar-refractivity contribution is -0.136. The van der Waals surface area contributed by atoms with Crippen LogP contribution in [0.5, 0.6) is 5.75 Å². The fraction of sp³-hybridized carbons (Fsp3) is 0.452. The van der Waals surface area contributed by atoms with E-state index in [4.69, 9.17) is 4.74 Å². The van der Waals surface area contributed by atoms with E-state index in [0.29, 0.717) is 18.6 Å². The Labute approximate surface area is 232 Å². The maximum absolute atomic E-state index is 13.9. The summed E-state index contributed by atoms with van der Waals surface area (Å²) in [6.45, 7) is 7.78. The number of carbonyl (C=O) groups excluding carboxylic acids is 3. The lowest BCUT2D eigenvalue weighted by Gasteiger charge is -2.34. The monoisotopic (exact) mass is 534 g/mol. The average molecular weight is 535 g/mol. The zero-order valence-electron chi connectivity index (χ0n) is 23.8. The van der Waals surface area contributed by atoms with Gasteiger partial charge in [0.05, 0.1) is 6.04 Å². The third-order valence-electron chi connectivity index (χ3n) is 7.21. The fourth-order valence-electron chi connectivity index (χ4n) is 4.55. The van der Waals surface area contributed by atoms with Crippen LogP contribution in [0.2, 0.25) is 0 Å². The van der Waals surface area contributed by atoms with Crippen molar-refractivity contribution in [2.24, 2.45) is 11.8 Å². The lowest BCUT2D eigenvalue weighted by atomic mass is 9.94.